The summed E-state index contributed by atoms with van der Waals surface area (Å²) in [5, 5.41) is 4.00. The molecule has 9 heteroatoms. The number of fused-ring (bicyclic) bond motifs is 1. The van der Waals surface area contributed by atoms with E-state index in [1.807, 2.05) is 0 Å². The highest BCUT2D eigenvalue weighted by atomic mass is 79.9. The summed E-state index contributed by atoms with van der Waals surface area (Å²) < 4.78 is 46.4. The standard InChI is InChI=1S/C15H19BrN2O5S/c1-9(24(19,20)21)13-14(16)11(22-2)7-10-8-17-18(15(10)13)12-5-3-4-6-23-12/h7-9,12H,3-6H2,1-2H3,(H,19,20,21). The van der Waals surface area contributed by atoms with Crippen LogP contribution >= 0.6 is 15.9 Å². The van der Waals surface area contributed by atoms with E-state index < -0.39 is 15.4 Å². The Morgan fingerprint density at radius 2 is 2.25 bits per heavy atom. The summed E-state index contributed by atoms with van der Waals surface area (Å²) in [5.74, 6) is 0.483. The van der Waals surface area contributed by atoms with Crippen LogP contribution in [0.25, 0.3) is 10.9 Å². The molecular formula is C15H19BrN2O5S. The van der Waals surface area contributed by atoms with Gasteiger partial charge in [-0.1, -0.05) is 0 Å². The molecule has 0 bridgehead atoms. The largest absolute Gasteiger partial charge is 0.496 e. The van der Waals surface area contributed by atoms with Crippen molar-refractivity contribution in [3.8, 4) is 5.75 Å². The number of hydrogen-bond donors (Lipinski definition) is 1. The van der Waals surface area contributed by atoms with Crippen molar-refractivity contribution in [2.45, 2.75) is 37.7 Å². The number of methoxy groups -OCH3 is 1. The number of nitrogens with zero attached hydrogens (tertiary/aromatic N) is 2. The molecule has 2 atom stereocenters. The smallest absolute Gasteiger partial charge is 0.271 e. The maximum Gasteiger partial charge on any atom is 0.271 e. The molecule has 2 unspecified atom stereocenters. The third-order valence-corrected chi connectivity index (χ3v) is 6.27. The van der Waals surface area contributed by atoms with Crippen LogP contribution in [0.3, 0.4) is 0 Å². The summed E-state index contributed by atoms with van der Waals surface area (Å²) in [6.45, 7) is 2.08. The van der Waals surface area contributed by atoms with Crippen molar-refractivity contribution < 1.29 is 22.4 Å². The van der Waals surface area contributed by atoms with E-state index in [1.165, 1.54) is 14.0 Å². The number of hydrogen-bond acceptors (Lipinski definition) is 5. The van der Waals surface area contributed by atoms with Gasteiger partial charge in [-0.2, -0.15) is 13.5 Å². The third-order valence-electron chi connectivity index (χ3n) is 4.32. The first-order valence-electron chi connectivity index (χ1n) is 7.66. The molecular weight excluding hydrogens is 400 g/mol. The fourth-order valence-electron chi connectivity index (χ4n) is 3.00. The number of rotatable bonds is 4. The van der Waals surface area contributed by atoms with Crippen molar-refractivity contribution in [1.29, 1.82) is 0 Å². The van der Waals surface area contributed by atoms with Crippen molar-refractivity contribution in [3.05, 3.63) is 22.3 Å². The average molecular weight is 419 g/mol. The fraction of sp³-hybridized carbons (Fsp3) is 0.533. The molecule has 3 rings (SSSR count). The van der Waals surface area contributed by atoms with Crippen LogP contribution in [0.2, 0.25) is 0 Å². The monoisotopic (exact) mass is 418 g/mol. The lowest BCUT2D eigenvalue weighted by molar-refractivity contribution is -0.0367. The molecule has 0 radical (unpaired) electrons. The molecule has 1 aliphatic heterocycles. The summed E-state index contributed by atoms with van der Waals surface area (Å²) in [6, 6.07) is 1.78. The van der Waals surface area contributed by atoms with Crippen LogP contribution in [0.15, 0.2) is 16.7 Å². The minimum Gasteiger partial charge on any atom is -0.496 e. The zero-order valence-electron chi connectivity index (χ0n) is 13.4. The van der Waals surface area contributed by atoms with E-state index in [4.69, 9.17) is 9.47 Å². The van der Waals surface area contributed by atoms with Gasteiger partial charge in [0, 0.05) is 17.6 Å². The predicted octanol–water partition coefficient (Wildman–Crippen LogP) is 3.46. The molecule has 7 nitrogen and oxygen atoms in total. The number of benzene rings is 1. The molecule has 1 aliphatic rings. The van der Waals surface area contributed by atoms with Crippen LogP contribution < -0.4 is 4.74 Å². The van der Waals surface area contributed by atoms with Gasteiger partial charge in [-0.3, -0.25) is 4.55 Å². The van der Waals surface area contributed by atoms with Crippen LogP contribution in [0.4, 0.5) is 0 Å². The van der Waals surface area contributed by atoms with Crippen LogP contribution in [0.1, 0.15) is 43.2 Å². The normalized spacial score (nSPS) is 20.2. The van der Waals surface area contributed by atoms with E-state index in [1.54, 1.807) is 16.9 Å². The van der Waals surface area contributed by atoms with Gasteiger partial charge in [0.25, 0.3) is 10.1 Å². The molecule has 1 aromatic heterocycles. The molecule has 0 aliphatic carbocycles. The van der Waals surface area contributed by atoms with E-state index in [-0.39, 0.29) is 6.23 Å². The van der Waals surface area contributed by atoms with Gasteiger partial charge in [-0.05, 0) is 48.2 Å². The van der Waals surface area contributed by atoms with Crippen molar-refractivity contribution in [2.75, 3.05) is 13.7 Å². The highest BCUT2D eigenvalue weighted by Gasteiger charge is 2.30. The lowest BCUT2D eigenvalue weighted by Crippen LogP contribution is -2.20. The maximum absolute atomic E-state index is 11.8. The minimum atomic E-state index is -4.29. The zero-order chi connectivity index (χ0) is 17.5. The number of halogens is 1. The van der Waals surface area contributed by atoms with E-state index in [0.717, 1.165) is 24.6 Å². The Labute approximate surface area is 148 Å². The van der Waals surface area contributed by atoms with Crippen molar-refractivity contribution in [2.24, 2.45) is 0 Å². The van der Waals surface area contributed by atoms with Crippen LogP contribution in [0.5, 0.6) is 5.75 Å². The molecule has 132 valence electrons. The average Bonchev–Trinajstić information content (AvgIpc) is 2.97. The summed E-state index contributed by atoms with van der Waals surface area (Å²) in [4.78, 5) is 0. The molecule has 24 heavy (non-hydrogen) atoms. The first-order valence-corrected chi connectivity index (χ1v) is 9.95. The topological polar surface area (TPSA) is 90.7 Å². The van der Waals surface area contributed by atoms with E-state index in [0.29, 0.717) is 27.9 Å². The van der Waals surface area contributed by atoms with Crippen molar-refractivity contribution >= 4 is 37.0 Å². The second-order valence-corrected chi connectivity index (χ2v) is 8.34. The molecule has 0 spiro atoms. The number of ether oxygens (including phenoxy) is 2. The van der Waals surface area contributed by atoms with Gasteiger partial charge in [0.2, 0.25) is 0 Å². The molecule has 0 amide bonds. The van der Waals surface area contributed by atoms with Gasteiger partial charge in [-0.15, -0.1) is 0 Å². The predicted molar refractivity (Wildman–Crippen MR) is 92.8 cm³/mol. The lowest BCUT2D eigenvalue weighted by atomic mass is 10.1. The molecule has 2 aromatic rings. The SMILES string of the molecule is COc1cc2cnn(C3CCCCO3)c2c(C(C)S(=O)(=O)O)c1Br. The Bertz CT molecular complexity index is 858. The highest BCUT2D eigenvalue weighted by molar-refractivity contribution is 9.10. The second-order valence-electron chi connectivity index (χ2n) is 5.81. The van der Waals surface area contributed by atoms with Crippen molar-refractivity contribution in [3.63, 3.8) is 0 Å². The summed E-state index contributed by atoms with van der Waals surface area (Å²) >= 11 is 3.42. The second kappa shape index (κ2) is 6.62. The van der Waals surface area contributed by atoms with Gasteiger partial charge in [0.05, 0.1) is 23.3 Å². The van der Waals surface area contributed by atoms with Gasteiger partial charge in [0.1, 0.15) is 11.0 Å². The summed E-state index contributed by atoms with van der Waals surface area (Å²) in [6.07, 6.45) is 4.24. The maximum atomic E-state index is 11.8. The minimum absolute atomic E-state index is 0.246. The molecule has 0 saturated carbocycles. The molecule has 1 saturated heterocycles. The summed E-state index contributed by atoms with van der Waals surface area (Å²) in [7, 11) is -2.79. The Balaban J connectivity index is 2.28. The lowest BCUT2D eigenvalue weighted by Gasteiger charge is -2.25. The van der Waals surface area contributed by atoms with E-state index in [9.17, 15) is 13.0 Å². The Kier molecular flexibility index (Phi) is 4.87. The third kappa shape index (κ3) is 3.05. The first-order chi connectivity index (χ1) is 11.3. The van der Waals surface area contributed by atoms with Gasteiger partial charge in [-0.25, -0.2) is 4.68 Å². The van der Waals surface area contributed by atoms with Crippen LogP contribution in [-0.2, 0) is 14.9 Å². The Hall–Kier alpha value is -1.16. The highest BCUT2D eigenvalue weighted by Crippen LogP contribution is 2.42. The van der Waals surface area contributed by atoms with E-state index >= 15 is 0 Å². The Morgan fingerprint density at radius 3 is 2.83 bits per heavy atom. The van der Waals surface area contributed by atoms with E-state index in [2.05, 4.69) is 21.0 Å². The molecule has 1 N–H and O–H groups in total. The zero-order valence-corrected chi connectivity index (χ0v) is 15.8. The number of aromatic nitrogens is 2. The van der Waals surface area contributed by atoms with Gasteiger partial charge < -0.3 is 9.47 Å². The van der Waals surface area contributed by atoms with Crippen molar-refractivity contribution in [1.82, 2.24) is 9.78 Å². The van der Waals surface area contributed by atoms with Gasteiger partial charge in [0.15, 0.2) is 6.23 Å². The molecule has 1 fully saturated rings. The fourth-order valence-corrected chi connectivity index (χ4v) is 4.49. The molecule has 2 heterocycles. The first kappa shape index (κ1) is 17.7. The van der Waals surface area contributed by atoms with Crippen LogP contribution in [0, 0.1) is 0 Å². The van der Waals surface area contributed by atoms with Crippen LogP contribution in [-0.4, -0.2) is 36.5 Å². The molecule has 1 aromatic carbocycles. The Morgan fingerprint density at radius 1 is 1.50 bits per heavy atom. The quantitative estimate of drug-likeness (QED) is 0.764. The van der Waals surface area contributed by atoms with Gasteiger partial charge >= 0.3 is 0 Å². The summed E-state index contributed by atoms with van der Waals surface area (Å²) in [5.41, 5.74) is 1.04.